The molecule has 0 fully saturated rings. The molecule has 0 N–H and O–H groups in total. The topological polar surface area (TPSA) is 48.7 Å². The smallest absolute Gasteiger partial charge is 0.235 e. The highest BCUT2D eigenvalue weighted by molar-refractivity contribution is 6.35. The van der Waals surface area contributed by atoms with Gasteiger partial charge in [-0.3, -0.25) is 4.79 Å². The minimum absolute atomic E-state index is 0.0974. The molecule has 31 heavy (non-hydrogen) atoms. The fourth-order valence-electron chi connectivity index (χ4n) is 3.48. The predicted molar refractivity (Wildman–Crippen MR) is 125 cm³/mol. The zero-order valence-corrected chi connectivity index (χ0v) is 18.8. The van der Waals surface area contributed by atoms with E-state index in [1.54, 1.807) is 37.4 Å². The molecule has 0 bridgehead atoms. The van der Waals surface area contributed by atoms with E-state index in [9.17, 15) is 4.79 Å². The number of halogens is 2. The van der Waals surface area contributed by atoms with Crippen LogP contribution in [0, 0.1) is 13.8 Å². The van der Waals surface area contributed by atoms with Crippen LogP contribution in [0.25, 0.3) is 22.3 Å². The van der Waals surface area contributed by atoms with E-state index in [0.29, 0.717) is 43.7 Å². The van der Waals surface area contributed by atoms with Gasteiger partial charge in [-0.15, -0.1) is 0 Å². The molecule has 0 atom stereocenters. The summed E-state index contributed by atoms with van der Waals surface area (Å²) in [5.41, 5.74) is 3.58. The van der Waals surface area contributed by atoms with Crippen molar-refractivity contribution in [2.75, 3.05) is 7.11 Å². The standard InChI is InChI=1S/C25H20Cl2O4/c1-14-10-15(2)23-20(11-14)22(28)25(30-13-17-4-7-18(26)12-21(17)27)24(31-23)16-5-8-19(29-3)9-6-16/h4-12H,13H2,1-3H3. The molecule has 0 unspecified atom stereocenters. The Bertz CT molecular complexity index is 1320. The lowest BCUT2D eigenvalue weighted by molar-refractivity contribution is 0.298. The fourth-order valence-corrected chi connectivity index (χ4v) is 3.95. The van der Waals surface area contributed by atoms with E-state index in [1.807, 2.05) is 38.1 Å². The van der Waals surface area contributed by atoms with Crippen LogP contribution in [0.5, 0.6) is 11.5 Å². The van der Waals surface area contributed by atoms with Crippen molar-refractivity contribution in [1.82, 2.24) is 0 Å². The van der Waals surface area contributed by atoms with Crippen molar-refractivity contribution in [2.45, 2.75) is 20.5 Å². The monoisotopic (exact) mass is 454 g/mol. The SMILES string of the molecule is COc1ccc(-c2oc3c(C)cc(C)cc3c(=O)c2OCc2ccc(Cl)cc2Cl)cc1. The van der Waals surface area contributed by atoms with E-state index in [4.69, 9.17) is 37.1 Å². The third-order valence-electron chi connectivity index (χ3n) is 5.02. The minimum atomic E-state index is -0.232. The molecule has 4 aromatic rings. The van der Waals surface area contributed by atoms with Gasteiger partial charge in [-0.25, -0.2) is 0 Å². The quantitative estimate of drug-likeness (QED) is 0.326. The van der Waals surface area contributed by atoms with Gasteiger partial charge in [0.25, 0.3) is 0 Å². The molecule has 0 aliphatic heterocycles. The number of methoxy groups -OCH3 is 1. The Kier molecular flexibility index (Phi) is 5.94. The van der Waals surface area contributed by atoms with E-state index >= 15 is 0 Å². The molecular weight excluding hydrogens is 435 g/mol. The summed E-state index contributed by atoms with van der Waals surface area (Å²) in [5, 5.41) is 1.48. The fraction of sp³-hybridized carbons (Fsp3) is 0.160. The first-order chi connectivity index (χ1) is 14.9. The average molecular weight is 455 g/mol. The number of hydrogen-bond donors (Lipinski definition) is 0. The lowest BCUT2D eigenvalue weighted by Gasteiger charge is -2.14. The number of hydrogen-bond acceptors (Lipinski definition) is 4. The Morgan fingerprint density at radius 3 is 2.39 bits per heavy atom. The molecule has 0 spiro atoms. The number of fused-ring (bicyclic) bond motifs is 1. The maximum atomic E-state index is 13.4. The summed E-state index contributed by atoms with van der Waals surface area (Å²) in [4.78, 5) is 13.4. The Morgan fingerprint density at radius 2 is 1.71 bits per heavy atom. The van der Waals surface area contributed by atoms with E-state index in [2.05, 4.69) is 0 Å². The average Bonchev–Trinajstić information content (AvgIpc) is 2.74. The molecule has 0 aliphatic rings. The Balaban J connectivity index is 1.87. The van der Waals surface area contributed by atoms with Crippen molar-refractivity contribution >= 4 is 34.2 Å². The van der Waals surface area contributed by atoms with Crippen LogP contribution in [-0.4, -0.2) is 7.11 Å². The van der Waals surface area contributed by atoms with Crippen LogP contribution in [-0.2, 0) is 6.61 Å². The summed E-state index contributed by atoms with van der Waals surface area (Å²) < 4.78 is 17.5. The van der Waals surface area contributed by atoms with Gasteiger partial charge in [0, 0.05) is 21.2 Å². The van der Waals surface area contributed by atoms with Gasteiger partial charge in [0.15, 0.2) is 5.76 Å². The predicted octanol–water partition coefficient (Wildman–Crippen LogP) is 6.97. The molecule has 3 aromatic carbocycles. The Labute approximate surface area is 189 Å². The molecule has 4 rings (SSSR count). The highest BCUT2D eigenvalue weighted by Gasteiger charge is 2.20. The van der Waals surface area contributed by atoms with Crippen molar-refractivity contribution in [3.05, 3.63) is 91.6 Å². The zero-order valence-electron chi connectivity index (χ0n) is 17.3. The zero-order chi connectivity index (χ0) is 22.1. The molecule has 0 saturated carbocycles. The van der Waals surface area contributed by atoms with Crippen LogP contribution in [0.4, 0.5) is 0 Å². The summed E-state index contributed by atoms with van der Waals surface area (Å²) in [7, 11) is 1.60. The molecule has 4 nitrogen and oxygen atoms in total. The summed E-state index contributed by atoms with van der Waals surface area (Å²) in [5.74, 6) is 1.19. The second kappa shape index (κ2) is 8.66. The van der Waals surface area contributed by atoms with Gasteiger partial charge in [-0.1, -0.05) is 35.3 Å². The van der Waals surface area contributed by atoms with Crippen LogP contribution < -0.4 is 14.9 Å². The van der Waals surface area contributed by atoms with E-state index in [1.165, 1.54) is 0 Å². The van der Waals surface area contributed by atoms with Crippen LogP contribution in [0.15, 0.2) is 63.8 Å². The lowest BCUT2D eigenvalue weighted by atomic mass is 10.1. The van der Waals surface area contributed by atoms with Crippen molar-refractivity contribution in [2.24, 2.45) is 0 Å². The molecule has 158 valence electrons. The molecule has 1 aromatic heterocycles. The van der Waals surface area contributed by atoms with Crippen molar-refractivity contribution in [3.63, 3.8) is 0 Å². The lowest BCUT2D eigenvalue weighted by Crippen LogP contribution is -2.11. The summed E-state index contributed by atoms with van der Waals surface area (Å²) in [6, 6.07) is 16.2. The van der Waals surface area contributed by atoms with Gasteiger partial charge in [-0.2, -0.15) is 0 Å². The second-order valence-electron chi connectivity index (χ2n) is 7.30. The Morgan fingerprint density at radius 1 is 0.968 bits per heavy atom. The number of ether oxygens (including phenoxy) is 2. The van der Waals surface area contributed by atoms with Crippen molar-refractivity contribution in [1.29, 1.82) is 0 Å². The second-order valence-corrected chi connectivity index (χ2v) is 8.14. The van der Waals surface area contributed by atoms with Crippen LogP contribution in [0.2, 0.25) is 10.0 Å². The van der Waals surface area contributed by atoms with E-state index in [-0.39, 0.29) is 17.8 Å². The van der Waals surface area contributed by atoms with Crippen molar-refractivity contribution in [3.8, 4) is 22.8 Å². The molecule has 0 saturated heterocycles. The molecule has 0 radical (unpaired) electrons. The summed E-state index contributed by atoms with van der Waals surface area (Å²) >= 11 is 12.3. The summed E-state index contributed by atoms with van der Waals surface area (Å²) in [6.07, 6.45) is 0. The Hall–Kier alpha value is -2.95. The normalized spacial score (nSPS) is 11.0. The van der Waals surface area contributed by atoms with Gasteiger partial charge >= 0.3 is 0 Å². The van der Waals surface area contributed by atoms with E-state index < -0.39 is 0 Å². The van der Waals surface area contributed by atoms with Gasteiger partial charge in [0.1, 0.15) is 17.9 Å². The third-order valence-corrected chi connectivity index (χ3v) is 5.61. The van der Waals surface area contributed by atoms with Crippen LogP contribution in [0.3, 0.4) is 0 Å². The first-order valence-electron chi connectivity index (χ1n) is 9.66. The van der Waals surface area contributed by atoms with Gasteiger partial charge in [0.05, 0.1) is 12.5 Å². The molecule has 0 amide bonds. The molecule has 0 aliphatic carbocycles. The molecular formula is C25H20Cl2O4. The first-order valence-corrected chi connectivity index (χ1v) is 10.4. The van der Waals surface area contributed by atoms with Gasteiger partial charge in [-0.05, 0) is 67.4 Å². The summed E-state index contributed by atoms with van der Waals surface area (Å²) in [6.45, 7) is 3.96. The third kappa shape index (κ3) is 4.27. The highest BCUT2D eigenvalue weighted by atomic mass is 35.5. The maximum Gasteiger partial charge on any atom is 0.235 e. The van der Waals surface area contributed by atoms with Gasteiger partial charge < -0.3 is 13.9 Å². The van der Waals surface area contributed by atoms with Crippen LogP contribution >= 0.6 is 23.2 Å². The van der Waals surface area contributed by atoms with Gasteiger partial charge in [0.2, 0.25) is 11.2 Å². The minimum Gasteiger partial charge on any atom is -0.497 e. The van der Waals surface area contributed by atoms with Crippen LogP contribution in [0.1, 0.15) is 16.7 Å². The number of rotatable bonds is 5. The number of benzene rings is 3. The molecule has 6 heteroatoms. The highest BCUT2D eigenvalue weighted by Crippen LogP contribution is 2.34. The van der Waals surface area contributed by atoms with E-state index in [0.717, 1.165) is 11.1 Å². The number of aryl methyl sites for hydroxylation is 2. The largest absolute Gasteiger partial charge is 0.497 e. The van der Waals surface area contributed by atoms with Crippen molar-refractivity contribution < 1.29 is 13.9 Å². The maximum absolute atomic E-state index is 13.4. The molecule has 1 heterocycles. The first kappa shape index (κ1) is 21.3.